The van der Waals surface area contributed by atoms with Crippen LogP contribution in [0.3, 0.4) is 0 Å². The highest BCUT2D eigenvalue weighted by atomic mass is 32.2. The number of nitrogens with zero attached hydrogens (tertiary/aromatic N) is 1. The molecular formula is C30H39N3O14S. The lowest BCUT2D eigenvalue weighted by molar-refractivity contribution is -0.181. The maximum Gasteiger partial charge on any atom is 0.332 e. The van der Waals surface area contributed by atoms with E-state index >= 15 is 0 Å². The number of rotatable bonds is 19. The minimum absolute atomic E-state index is 0.0222. The molecule has 48 heavy (non-hydrogen) atoms. The van der Waals surface area contributed by atoms with E-state index in [1.807, 2.05) is 0 Å². The van der Waals surface area contributed by atoms with Gasteiger partial charge in [0.05, 0.1) is 13.2 Å². The molecular weight excluding hydrogens is 658 g/mol. The number of carbonyl (C=O) groups is 5. The summed E-state index contributed by atoms with van der Waals surface area (Å²) in [6.07, 6.45) is 2.28. The first-order valence-corrected chi connectivity index (χ1v) is 16.5. The monoisotopic (exact) mass is 697 g/mol. The molecule has 18 heteroatoms. The van der Waals surface area contributed by atoms with Gasteiger partial charge in [-0.05, 0) is 31.1 Å². The minimum Gasteiger partial charge on any atom is -0.491 e. The van der Waals surface area contributed by atoms with Gasteiger partial charge in [0, 0.05) is 56.3 Å². The highest BCUT2D eigenvalue weighted by molar-refractivity contribution is 7.85. The molecule has 3 unspecified atom stereocenters. The van der Waals surface area contributed by atoms with E-state index in [0.717, 1.165) is 0 Å². The van der Waals surface area contributed by atoms with Crippen LogP contribution < -0.4 is 20.1 Å². The lowest BCUT2D eigenvalue weighted by Gasteiger charge is -2.28. The van der Waals surface area contributed by atoms with Gasteiger partial charge in [-0.15, -0.1) is 0 Å². The Morgan fingerprint density at radius 1 is 1.15 bits per heavy atom. The molecule has 3 atom stereocenters. The molecule has 0 radical (unpaired) electrons. The summed E-state index contributed by atoms with van der Waals surface area (Å²) in [4.78, 5) is 60.6. The van der Waals surface area contributed by atoms with Crippen molar-refractivity contribution in [3.8, 4) is 11.5 Å². The van der Waals surface area contributed by atoms with E-state index in [1.165, 1.54) is 24.0 Å². The molecule has 1 aromatic rings. The third-order valence-corrected chi connectivity index (χ3v) is 7.64. The molecule has 2 aliphatic heterocycles. The van der Waals surface area contributed by atoms with E-state index in [2.05, 4.69) is 17.2 Å². The van der Waals surface area contributed by atoms with E-state index in [9.17, 15) is 42.0 Å². The van der Waals surface area contributed by atoms with Crippen molar-refractivity contribution in [2.24, 2.45) is 0 Å². The standard InChI is InChI=1S/C30H39N3O14S/c1-19-6-9-27(36)33(19)12-10-26(35)32-23(18-48(40,41)42)29(37)31-11-13-43-14-15-44-25-16-22(8-7-21(25)17-45-20(2)34)46-28-5-3-4-24(47-28)30(38)39/h6-9,16,23-24,28H,1,3-5,10-15,17-18H2,2H3,(H,31,37)(H,32,35)(H,38,39)(H,40,41,42). The van der Waals surface area contributed by atoms with E-state index < -0.39 is 58.1 Å². The predicted octanol–water partition coefficient (Wildman–Crippen LogP) is 0.295. The van der Waals surface area contributed by atoms with Gasteiger partial charge in [0.1, 0.15) is 36.5 Å². The second-order valence-electron chi connectivity index (χ2n) is 10.7. The maximum atomic E-state index is 12.6. The fourth-order valence-electron chi connectivity index (χ4n) is 4.55. The second kappa shape index (κ2) is 18.1. The molecule has 4 N–H and O–H groups in total. The quantitative estimate of drug-likeness (QED) is 0.0865. The largest absolute Gasteiger partial charge is 0.491 e. The first kappa shape index (κ1) is 37.9. The summed E-state index contributed by atoms with van der Waals surface area (Å²) in [5, 5.41) is 13.9. The number of carboxylic acids is 1. The highest BCUT2D eigenvalue weighted by Crippen LogP contribution is 2.29. The summed E-state index contributed by atoms with van der Waals surface area (Å²) >= 11 is 0. The Labute approximate surface area is 276 Å². The number of aliphatic carboxylic acids is 1. The van der Waals surface area contributed by atoms with Gasteiger partial charge in [-0.25, -0.2) is 4.79 Å². The molecule has 1 saturated heterocycles. The Balaban J connectivity index is 1.45. The van der Waals surface area contributed by atoms with Crippen molar-refractivity contribution < 1.29 is 65.7 Å². The molecule has 1 aromatic carbocycles. The van der Waals surface area contributed by atoms with E-state index in [0.29, 0.717) is 42.0 Å². The molecule has 3 rings (SSSR count). The number of hydrogen-bond donors (Lipinski definition) is 4. The van der Waals surface area contributed by atoms with Crippen molar-refractivity contribution >= 4 is 39.8 Å². The van der Waals surface area contributed by atoms with Crippen molar-refractivity contribution in [3.05, 3.63) is 48.2 Å². The number of nitrogens with one attached hydrogen (secondary N) is 2. The first-order valence-electron chi connectivity index (χ1n) is 14.9. The topological polar surface area (TPSA) is 233 Å². The van der Waals surface area contributed by atoms with Crippen LogP contribution in [0.4, 0.5) is 0 Å². The molecule has 264 valence electrons. The zero-order valence-corrected chi connectivity index (χ0v) is 27.1. The number of esters is 1. The maximum absolute atomic E-state index is 12.6. The average molecular weight is 698 g/mol. The van der Waals surface area contributed by atoms with E-state index in [1.54, 1.807) is 18.2 Å². The Hall–Kier alpha value is -4.52. The Morgan fingerprint density at radius 3 is 2.58 bits per heavy atom. The number of ether oxygens (including phenoxy) is 5. The molecule has 0 saturated carbocycles. The van der Waals surface area contributed by atoms with Gasteiger partial charge in [-0.2, -0.15) is 8.42 Å². The molecule has 0 spiro atoms. The average Bonchev–Trinajstić information content (AvgIpc) is 3.34. The fourth-order valence-corrected chi connectivity index (χ4v) is 5.20. The predicted molar refractivity (Wildman–Crippen MR) is 165 cm³/mol. The molecule has 2 aliphatic rings. The molecule has 2 heterocycles. The zero-order valence-electron chi connectivity index (χ0n) is 26.3. The third-order valence-electron chi connectivity index (χ3n) is 6.89. The van der Waals surface area contributed by atoms with Crippen LogP contribution >= 0.6 is 0 Å². The normalized spacial score (nSPS) is 18.2. The number of carboxylic acid groups (broad SMARTS) is 1. The van der Waals surface area contributed by atoms with Crippen LogP contribution in [-0.2, 0) is 54.9 Å². The molecule has 3 amide bonds. The van der Waals surface area contributed by atoms with Gasteiger partial charge in [0.15, 0.2) is 6.10 Å². The highest BCUT2D eigenvalue weighted by Gasteiger charge is 2.29. The Morgan fingerprint density at radius 2 is 1.92 bits per heavy atom. The molecule has 1 fully saturated rings. The summed E-state index contributed by atoms with van der Waals surface area (Å²) < 4.78 is 59.8. The van der Waals surface area contributed by atoms with Crippen LogP contribution in [0.1, 0.15) is 38.2 Å². The summed E-state index contributed by atoms with van der Waals surface area (Å²) in [7, 11) is -4.64. The first-order chi connectivity index (χ1) is 22.7. The number of carbonyl (C=O) groups excluding carboxylic acids is 4. The lowest BCUT2D eigenvalue weighted by Crippen LogP contribution is -2.51. The molecule has 0 bridgehead atoms. The number of allylic oxidation sites excluding steroid dienone is 1. The number of benzene rings is 1. The molecule has 0 aliphatic carbocycles. The van der Waals surface area contributed by atoms with E-state index in [4.69, 9.17) is 23.7 Å². The van der Waals surface area contributed by atoms with Crippen molar-refractivity contribution in [2.45, 2.75) is 57.6 Å². The molecule has 0 aromatic heterocycles. The Kier molecular flexibility index (Phi) is 14.3. The van der Waals surface area contributed by atoms with Crippen LogP contribution in [0.5, 0.6) is 11.5 Å². The zero-order chi connectivity index (χ0) is 35.3. The smallest absolute Gasteiger partial charge is 0.332 e. The van der Waals surface area contributed by atoms with Crippen LogP contribution in [0.15, 0.2) is 42.6 Å². The lowest BCUT2D eigenvalue weighted by atomic mass is 10.1. The van der Waals surface area contributed by atoms with Gasteiger partial charge >= 0.3 is 11.9 Å². The van der Waals surface area contributed by atoms with Gasteiger partial charge < -0.3 is 44.3 Å². The number of hydrogen-bond acceptors (Lipinski definition) is 12. The fraction of sp³-hybridized carbons (Fsp3) is 0.500. The van der Waals surface area contributed by atoms with Gasteiger partial charge in [-0.3, -0.25) is 23.7 Å². The second-order valence-corrected chi connectivity index (χ2v) is 12.2. The van der Waals surface area contributed by atoms with Gasteiger partial charge in [0.2, 0.25) is 18.1 Å². The summed E-state index contributed by atoms with van der Waals surface area (Å²) in [6, 6.07) is 3.18. The van der Waals surface area contributed by atoms with Crippen molar-refractivity contribution in [3.63, 3.8) is 0 Å². The van der Waals surface area contributed by atoms with E-state index in [-0.39, 0.29) is 51.8 Å². The van der Waals surface area contributed by atoms with Crippen molar-refractivity contribution in [1.29, 1.82) is 0 Å². The molecule has 17 nitrogen and oxygen atoms in total. The van der Waals surface area contributed by atoms with Crippen molar-refractivity contribution in [1.82, 2.24) is 15.5 Å². The summed E-state index contributed by atoms with van der Waals surface area (Å²) in [5.41, 5.74) is 0.913. The van der Waals surface area contributed by atoms with Gasteiger partial charge in [-0.1, -0.05) is 6.58 Å². The van der Waals surface area contributed by atoms with Crippen LogP contribution in [0.2, 0.25) is 0 Å². The summed E-state index contributed by atoms with van der Waals surface area (Å²) in [5.74, 6) is -3.95. The summed E-state index contributed by atoms with van der Waals surface area (Å²) in [6.45, 7) is 4.77. The SMILES string of the molecule is C=C1C=CC(=O)N1CCC(=O)NC(CS(=O)(=O)O)C(=O)NCCOCCOc1cc(OC2CCCC(C(=O)O)O2)ccc1COC(C)=O. The minimum atomic E-state index is -4.64. The van der Waals surface area contributed by atoms with Crippen LogP contribution in [-0.4, -0.2) is 110 Å². The van der Waals surface area contributed by atoms with Crippen LogP contribution in [0, 0.1) is 0 Å². The third kappa shape index (κ3) is 12.9. The van der Waals surface area contributed by atoms with Crippen LogP contribution in [0.25, 0.3) is 0 Å². The van der Waals surface area contributed by atoms with Crippen molar-refractivity contribution in [2.75, 3.05) is 38.7 Å². The van der Waals surface area contributed by atoms with Gasteiger partial charge in [0.25, 0.3) is 16.0 Å². The Bertz CT molecular complexity index is 1480. The number of amides is 3.